The maximum absolute atomic E-state index is 4.37. The van der Waals surface area contributed by atoms with Crippen LogP contribution in [0.25, 0.3) is 0 Å². The molecule has 2 rings (SSSR count). The molecule has 90 valence electrons. The molecule has 1 aromatic heterocycles. The van der Waals surface area contributed by atoms with E-state index >= 15 is 0 Å². The van der Waals surface area contributed by atoms with Crippen molar-refractivity contribution in [1.29, 1.82) is 0 Å². The molecule has 0 fully saturated rings. The highest BCUT2D eigenvalue weighted by atomic mass is 15.3. The molecule has 17 heavy (non-hydrogen) atoms. The normalized spacial score (nSPS) is 11.0. The molecule has 0 aliphatic heterocycles. The Hall–Kier alpha value is -1.61. The number of aromatic nitrogens is 2. The number of hydrogen-bond acceptors (Lipinski definition) is 2. The minimum atomic E-state index is 0.495. The van der Waals surface area contributed by atoms with Crippen molar-refractivity contribution in [2.24, 2.45) is 0 Å². The van der Waals surface area contributed by atoms with E-state index in [9.17, 15) is 0 Å². The van der Waals surface area contributed by atoms with Crippen LogP contribution in [0.4, 0.5) is 0 Å². The van der Waals surface area contributed by atoms with Gasteiger partial charge >= 0.3 is 0 Å². The molecule has 2 aromatic rings. The SMILES string of the molecule is CC(C)NCc1ccnn1Cc1ccccc1. The smallest absolute Gasteiger partial charge is 0.0663 e. The highest BCUT2D eigenvalue weighted by Gasteiger charge is 2.03. The van der Waals surface area contributed by atoms with Crippen LogP contribution in [0.15, 0.2) is 42.6 Å². The zero-order valence-corrected chi connectivity index (χ0v) is 10.4. The Morgan fingerprint density at radius 2 is 1.94 bits per heavy atom. The van der Waals surface area contributed by atoms with Gasteiger partial charge in [0.05, 0.1) is 12.2 Å². The number of hydrogen-bond donors (Lipinski definition) is 1. The van der Waals surface area contributed by atoms with E-state index < -0.39 is 0 Å². The molecule has 0 aliphatic carbocycles. The summed E-state index contributed by atoms with van der Waals surface area (Å²) < 4.78 is 2.05. The van der Waals surface area contributed by atoms with Gasteiger partial charge in [-0.1, -0.05) is 44.2 Å². The van der Waals surface area contributed by atoms with Gasteiger partial charge in [0.25, 0.3) is 0 Å². The molecule has 3 nitrogen and oxygen atoms in total. The van der Waals surface area contributed by atoms with Crippen molar-refractivity contribution < 1.29 is 0 Å². The van der Waals surface area contributed by atoms with Crippen molar-refractivity contribution in [3.8, 4) is 0 Å². The van der Waals surface area contributed by atoms with Gasteiger partial charge in [-0.3, -0.25) is 4.68 Å². The third kappa shape index (κ3) is 3.43. The number of nitrogens with zero attached hydrogens (tertiary/aromatic N) is 2. The van der Waals surface area contributed by atoms with E-state index in [0.29, 0.717) is 6.04 Å². The topological polar surface area (TPSA) is 29.9 Å². The van der Waals surface area contributed by atoms with Crippen molar-refractivity contribution in [2.45, 2.75) is 33.0 Å². The van der Waals surface area contributed by atoms with Crippen LogP contribution < -0.4 is 5.32 Å². The highest BCUT2D eigenvalue weighted by Crippen LogP contribution is 2.05. The molecule has 0 saturated heterocycles. The maximum atomic E-state index is 4.37. The Morgan fingerprint density at radius 1 is 1.18 bits per heavy atom. The first-order valence-electron chi connectivity index (χ1n) is 6.03. The van der Waals surface area contributed by atoms with Crippen molar-refractivity contribution in [3.63, 3.8) is 0 Å². The largest absolute Gasteiger partial charge is 0.309 e. The molecule has 0 atom stereocenters. The summed E-state index contributed by atoms with van der Waals surface area (Å²) in [5, 5.41) is 7.78. The zero-order valence-electron chi connectivity index (χ0n) is 10.4. The number of rotatable bonds is 5. The molecule has 1 aromatic carbocycles. The van der Waals surface area contributed by atoms with Crippen LogP contribution in [0.1, 0.15) is 25.1 Å². The summed E-state index contributed by atoms with van der Waals surface area (Å²) in [6.45, 7) is 6.00. The summed E-state index contributed by atoms with van der Waals surface area (Å²) in [6.07, 6.45) is 1.86. The van der Waals surface area contributed by atoms with Gasteiger partial charge in [0, 0.05) is 18.8 Å². The molecule has 0 amide bonds. The quantitative estimate of drug-likeness (QED) is 0.853. The predicted octanol–water partition coefficient (Wildman–Crippen LogP) is 2.43. The summed E-state index contributed by atoms with van der Waals surface area (Å²) in [5.41, 5.74) is 2.50. The molecule has 0 unspecified atom stereocenters. The second-order valence-corrected chi connectivity index (χ2v) is 4.50. The lowest BCUT2D eigenvalue weighted by molar-refractivity contribution is 0.547. The van der Waals surface area contributed by atoms with E-state index in [0.717, 1.165) is 13.1 Å². The summed E-state index contributed by atoms with van der Waals surface area (Å²) >= 11 is 0. The Kier molecular flexibility index (Phi) is 3.94. The Labute approximate surface area is 102 Å². The van der Waals surface area contributed by atoms with E-state index in [2.05, 4.69) is 54.6 Å². The average molecular weight is 229 g/mol. The third-order valence-corrected chi connectivity index (χ3v) is 2.67. The molecule has 1 N–H and O–H groups in total. The van der Waals surface area contributed by atoms with Gasteiger partial charge in [-0.2, -0.15) is 5.10 Å². The lowest BCUT2D eigenvalue weighted by atomic mass is 10.2. The molecule has 3 heteroatoms. The first-order valence-corrected chi connectivity index (χ1v) is 6.03. The second-order valence-electron chi connectivity index (χ2n) is 4.50. The van der Waals surface area contributed by atoms with E-state index in [4.69, 9.17) is 0 Å². The molecule has 0 aliphatic rings. The molecule has 1 heterocycles. The van der Waals surface area contributed by atoms with Crippen LogP contribution in [0.2, 0.25) is 0 Å². The zero-order chi connectivity index (χ0) is 12.1. The Morgan fingerprint density at radius 3 is 2.65 bits per heavy atom. The van der Waals surface area contributed by atoms with Crippen LogP contribution in [-0.2, 0) is 13.1 Å². The fourth-order valence-corrected chi connectivity index (χ4v) is 1.72. The first kappa shape index (κ1) is 11.9. The summed E-state index contributed by atoms with van der Waals surface area (Å²) in [7, 11) is 0. The lowest BCUT2D eigenvalue weighted by Crippen LogP contribution is -2.23. The minimum absolute atomic E-state index is 0.495. The molecular weight excluding hydrogens is 210 g/mol. The minimum Gasteiger partial charge on any atom is -0.309 e. The van der Waals surface area contributed by atoms with Gasteiger partial charge in [0.1, 0.15) is 0 Å². The van der Waals surface area contributed by atoms with Gasteiger partial charge in [-0.05, 0) is 11.6 Å². The van der Waals surface area contributed by atoms with Crippen LogP contribution >= 0.6 is 0 Å². The van der Waals surface area contributed by atoms with Crippen LogP contribution in [0, 0.1) is 0 Å². The van der Waals surface area contributed by atoms with Crippen molar-refractivity contribution >= 4 is 0 Å². The van der Waals surface area contributed by atoms with Crippen molar-refractivity contribution in [3.05, 3.63) is 53.9 Å². The predicted molar refractivity (Wildman–Crippen MR) is 69.7 cm³/mol. The average Bonchev–Trinajstić information content (AvgIpc) is 2.75. The lowest BCUT2D eigenvalue weighted by Gasteiger charge is -2.10. The summed E-state index contributed by atoms with van der Waals surface area (Å²) in [6, 6.07) is 13.0. The fourth-order valence-electron chi connectivity index (χ4n) is 1.72. The standard InChI is InChI=1S/C14H19N3/c1-12(2)15-10-14-8-9-16-17(14)11-13-6-4-3-5-7-13/h3-9,12,15H,10-11H2,1-2H3. The molecule has 0 saturated carbocycles. The summed E-state index contributed by atoms with van der Waals surface area (Å²) in [4.78, 5) is 0. The van der Waals surface area contributed by atoms with Gasteiger partial charge < -0.3 is 5.32 Å². The van der Waals surface area contributed by atoms with E-state index in [-0.39, 0.29) is 0 Å². The van der Waals surface area contributed by atoms with Gasteiger partial charge in [0.15, 0.2) is 0 Å². The maximum Gasteiger partial charge on any atom is 0.0663 e. The van der Waals surface area contributed by atoms with Crippen LogP contribution in [0.5, 0.6) is 0 Å². The van der Waals surface area contributed by atoms with Gasteiger partial charge in [-0.15, -0.1) is 0 Å². The fraction of sp³-hybridized carbons (Fsp3) is 0.357. The molecular formula is C14H19N3. The third-order valence-electron chi connectivity index (χ3n) is 2.67. The van der Waals surface area contributed by atoms with Crippen LogP contribution in [0.3, 0.4) is 0 Å². The molecule has 0 spiro atoms. The number of benzene rings is 1. The highest BCUT2D eigenvalue weighted by molar-refractivity contribution is 5.16. The van der Waals surface area contributed by atoms with E-state index in [1.165, 1.54) is 11.3 Å². The second kappa shape index (κ2) is 5.64. The first-order chi connectivity index (χ1) is 8.25. The molecule has 0 bridgehead atoms. The van der Waals surface area contributed by atoms with Gasteiger partial charge in [0.2, 0.25) is 0 Å². The molecule has 0 radical (unpaired) electrons. The Balaban J connectivity index is 2.04. The van der Waals surface area contributed by atoms with Crippen LogP contribution in [-0.4, -0.2) is 15.8 Å². The number of nitrogens with one attached hydrogen (secondary N) is 1. The van der Waals surface area contributed by atoms with E-state index in [1.807, 2.05) is 16.9 Å². The van der Waals surface area contributed by atoms with Gasteiger partial charge in [-0.25, -0.2) is 0 Å². The summed E-state index contributed by atoms with van der Waals surface area (Å²) in [5.74, 6) is 0. The Bertz CT molecular complexity index is 446. The van der Waals surface area contributed by atoms with Crippen molar-refractivity contribution in [1.82, 2.24) is 15.1 Å². The monoisotopic (exact) mass is 229 g/mol. The van der Waals surface area contributed by atoms with Crippen molar-refractivity contribution in [2.75, 3.05) is 0 Å². The van der Waals surface area contributed by atoms with E-state index in [1.54, 1.807) is 0 Å².